The molecule has 18 heavy (non-hydrogen) atoms. The molecule has 1 aromatic rings. The summed E-state index contributed by atoms with van der Waals surface area (Å²) in [6.07, 6.45) is 0.443. The third kappa shape index (κ3) is 4.73. The summed E-state index contributed by atoms with van der Waals surface area (Å²) in [7, 11) is 1.56. The minimum atomic E-state index is -0.164. The summed E-state index contributed by atoms with van der Waals surface area (Å²) < 4.78 is 17.5. The van der Waals surface area contributed by atoms with Crippen LogP contribution in [0.2, 0.25) is 0 Å². The van der Waals surface area contributed by atoms with Gasteiger partial charge in [-0.2, -0.15) is 0 Å². The molecular weight excluding hydrogens is 259 g/mol. The summed E-state index contributed by atoms with van der Waals surface area (Å²) in [5.41, 5.74) is 6.21. The van der Waals surface area contributed by atoms with Gasteiger partial charge in [-0.1, -0.05) is 0 Å². The topological polar surface area (TPSA) is 64.3 Å². The first-order valence-electron chi connectivity index (χ1n) is 5.14. The summed E-state index contributed by atoms with van der Waals surface area (Å²) >= 11 is 0. The first-order valence-corrected chi connectivity index (χ1v) is 5.14. The Hall–Kier alpha value is -1.59. The Morgan fingerprint density at radius 2 is 2.06 bits per heavy atom. The number of nitrogens with one attached hydrogen (secondary N) is 1. The van der Waals surface area contributed by atoms with E-state index in [1.54, 1.807) is 31.3 Å². The van der Waals surface area contributed by atoms with Crippen LogP contribution in [-0.4, -0.2) is 26.1 Å². The maximum atomic E-state index is 12.2. The lowest BCUT2D eigenvalue weighted by molar-refractivity contribution is 0.0963. The molecule has 3 N–H and O–H groups in total. The Bertz CT molecular complexity index is 407. The fraction of sp³-hybridized carbons (Fsp3) is 0.250. The Morgan fingerprint density at radius 3 is 2.50 bits per heavy atom. The molecule has 0 unspecified atom stereocenters. The van der Waals surface area contributed by atoms with Crippen molar-refractivity contribution in [1.29, 1.82) is 0 Å². The fourth-order valence-corrected chi connectivity index (χ4v) is 1.16. The molecule has 0 aliphatic rings. The van der Waals surface area contributed by atoms with Crippen molar-refractivity contribution in [3.63, 3.8) is 0 Å². The van der Waals surface area contributed by atoms with Crippen LogP contribution < -0.4 is 15.8 Å². The fourth-order valence-electron chi connectivity index (χ4n) is 1.16. The summed E-state index contributed by atoms with van der Waals surface area (Å²) in [5.74, 6) is 0.397. The highest BCUT2D eigenvalue weighted by Crippen LogP contribution is 2.13. The van der Waals surface area contributed by atoms with Gasteiger partial charge < -0.3 is 15.8 Å². The van der Waals surface area contributed by atoms with Crippen LogP contribution in [0.3, 0.4) is 0 Å². The molecule has 1 aromatic carbocycles. The molecule has 0 atom stereocenters. The van der Waals surface area contributed by atoms with Crippen molar-refractivity contribution in [2.45, 2.75) is 0 Å². The number of hydrogen-bond acceptors (Lipinski definition) is 3. The third-order valence-corrected chi connectivity index (χ3v) is 2.18. The highest BCUT2D eigenvalue weighted by molar-refractivity contribution is 5.94. The summed E-state index contributed by atoms with van der Waals surface area (Å²) in [6.45, 7) is 0.221. The molecule has 0 fully saturated rings. The average Bonchev–Trinajstić information content (AvgIpc) is 2.39. The zero-order valence-corrected chi connectivity index (χ0v) is 10.8. The Balaban J connectivity index is 0.00000289. The largest absolute Gasteiger partial charge is 0.489 e. The molecule has 6 heteroatoms. The van der Waals surface area contributed by atoms with Crippen LogP contribution in [0, 0.1) is 0 Å². The zero-order chi connectivity index (χ0) is 12.7. The van der Waals surface area contributed by atoms with Crippen molar-refractivity contribution in [2.24, 2.45) is 5.73 Å². The van der Waals surface area contributed by atoms with Crippen LogP contribution in [0.1, 0.15) is 10.4 Å². The predicted octanol–water partition coefficient (Wildman–Crippen LogP) is 1.66. The van der Waals surface area contributed by atoms with Crippen LogP contribution >= 0.6 is 12.4 Å². The van der Waals surface area contributed by atoms with E-state index in [0.717, 1.165) is 0 Å². The highest BCUT2D eigenvalue weighted by Gasteiger charge is 2.03. The summed E-state index contributed by atoms with van der Waals surface area (Å²) in [4.78, 5) is 11.3. The predicted molar refractivity (Wildman–Crippen MR) is 70.8 cm³/mol. The zero-order valence-electron chi connectivity index (χ0n) is 9.98. The lowest BCUT2D eigenvalue weighted by Crippen LogP contribution is -2.17. The van der Waals surface area contributed by atoms with E-state index >= 15 is 0 Å². The maximum absolute atomic E-state index is 12.2. The van der Waals surface area contributed by atoms with E-state index in [9.17, 15) is 9.18 Å². The molecule has 4 nitrogen and oxygen atoms in total. The van der Waals surface area contributed by atoms with Gasteiger partial charge in [0.15, 0.2) is 0 Å². The van der Waals surface area contributed by atoms with Crippen molar-refractivity contribution in [1.82, 2.24) is 5.32 Å². The van der Waals surface area contributed by atoms with Gasteiger partial charge in [0.25, 0.3) is 5.91 Å². The van der Waals surface area contributed by atoms with Gasteiger partial charge in [-0.3, -0.25) is 4.79 Å². The van der Waals surface area contributed by atoms with Crippen LogP contribution in [0.4, 0.5) is 4.39 Å². The Morgan fingerprint density at radius 1 is 1.44 bits per heavy atom. The molecule has 0 aliphatic carbocycles. The molecule has 0 aromatic heterocycles. The van der Waals surface area contributed by atoms with E-state index in [2.05, 4.69) is 5.32 Å². The van der Waals surface area contributed by atoms with Gasteiger partial charge in [0.2, 0.25) is 0 Å². The molecule has 0 aliphatic heterocycles. The molecule has 1 amide bonds. The van der Waals surface area contributed by atoms with Gasteiger partial charge in [-0.25, -0.2) is 4.39 Å². The molecule has 0 bridgehead atoms. The number of amides is 1. The van der Waals surface area contributed by atoms with Crippen LogP contribution in [0.15, 0.2) is 36.2 Å². The molecular formula is C12H16ClFN2O2. The van der Waals surface area contributed by atoms with Gasteiger partial charge in [-0.05, 0) is 24.3 Å². The van der Waals surface area contributed by atoms with E-state index < -0.39 is 0 Å². The number of hydrogen-bond donors (Lipinski definition) is 2. The van der Waals surface area contributed by atoms with Gasteiger partial charge in [0.1, 0.15) is 12.4 Å². The lowest BCUT2D eigenvalue weighted by Gasteiger charge is -2.07. The van der Waals surface area contributed by atoms with E-state index in [1.807, 2.05) is 0 Å². The second-order valence-electron chi connectivity index (χ2n) is 3.36. The summed E-state index contributed by atoms with van der Waals surface area (Å²) in [6, 6.07) is 6.57. The molecule has 100 valence electrons. The Kier molecular flexibility index (Phi) is 7.74. The molecule has 0 spiro atoms. The number of nitrogens with two attached hydrogens (primary N) is 1. The number of rotatable bonds is 5. The van der Waals surface area contributed by atoms with Crippen LogP contribution in [0.25, 0.3) is 0 Å². The van der Waals surface area contributed by atoms with E-state index in [4.69, 9.17) is 10.5 Å². The second kappa shape index (κ2) is 8.49. The van der Waals surface area contributed by atoms with E-state index in [0.29, 0.717) is 23.2 Å². The van der Waals surface area contributed by atoms with Gasteiger partial charge in [-0.15, -0.1) is 12.4 Å². The molecule has 1 rings (SSSR count). The van der Waals surface area contributed by atoms with Crippen molar-refractivity contribution < 1.29 is 13.9 Å². The number of benzene rings is 1. The van der Waals surface area contributed by atoms with E-state index in [1.165, 1.54) is 0 Å². The summed E-state index contributed by atoms with van der Waals surface area (Å²) in [5, 5.41) is 2.51. The van der Waals surface area contributed by atoms with E-state index in [-0.39, 0.29) is 31.5 Å². The SMILES string of the molecule is CNC(=O)c1ccc(OC/C(=C/F)CN)cc1.Cl. The highest BCUT2D eigenvalue weighted by atomic mass is 35.5. The molecule has 0 heterocycles. The monoisotopic (exact) mass is 274 g/mol. The van der Waals surface area contributed by atoms with Crippen molar-refractivity contribution >= 4 is 18.3 Å². The third-order valence-electron chi connectivity index (χ3n) is 2.18. The van der Waals surface area contributed by atoms with Crippen LogP contribution in [0.5, 0.6) is 5.75 Å². The second-order valence-corrected chi connectivity index (χ2v) is 3.36. The number of carbonyl (C=O) groups excluding carboxylic acids is 1. The van der Waals surface area contributed by atoms with Gasteiger partial charge in [0.05, 0.1) is 6.33 Å². The standard InChI is InChI=1S/C12H15FN2O2.ClH/c1-15-12(16)10-2-4-11(5-3-10)17-8-9(6-13)7-14;/h2-6H,7-8,14H2,1H3,(H,15,16);1H/b9-6+;. The number of halogens is 2. The molecule has 0 saturated carbocycles. The van der Waals surface area contributed by atoms with Crippen molar-refractivity contribution in [2.75, 3.05) is 20.2 Å². The lowest BCUT2D eigenvalue weighted by atomic mass is 10.2. The van der Waals surface area contributed by atoms with Crippen molar-refractivity contribution in [3.8, 4) is 5.75 Å². The van der Waals surface area contributed by atoms with Gasteiger partial charge in [0, 0.05) is 24.7 Å². The van der Waals surface area contributed by atoms with Crippen molar-refractivity contribution in [3.05, 3.63) is 41.7 Å². The molecule has 0 saturated heterocycles. The smallest absolute Gasteiger partial charge is 0.251 e. The molecule has 0 radical (unpaired) electrons. The minimum absolute atomic E-state index is 0. The maximum Gasteiger partial charge on any atom is 0.251 e. The van der Waals surface area contributed by atoms with Crippen LogP contribution in [-0.2, 0) is 0 Å². The first-order chi connectivity index (χ1) is 8.21. The van der Waals surface area contributed by atoms with Gasteiger partial charge >= 0.3 is 0 Å². The number of ether oxygens (including phenoxy) is 1. The first kappa shape index (κ1) is 16.4. The normalized spacial score (nSPS) is 10.5. The Labute approximate surface area is 111 Å². The number of carbonyl (C=O) groups is 1. The quantitative estimate of drug-likeness (QED) is 0.858. The average molecular weight is 275 g/mol. The minimum Gasteiger partial charge on any atom is -0.489 e.